The van der Waals surface area contributed by atoms with Gasteiger partial charge in [-0.25, -0.2) is 8.42 Å². The van der Waals surface area contributed by atoms with Crippen molar-refractivity contribution in [2.75, 3.05) is 17.1 Å². The summed E-state index contributed by atoms with van der Waals surface area (Å²) in [6.45, 7) is 0. The van der Waals surface area contributed by atoms with Crippen LogP contribution in [0.3, 0.4) is 0 Å². The summed E-state index contributed by atoms with van der Waals surface area (Å²) in [5.41, 5.74) is 1.03. The Balaban J connectivity index is 1.80. The number of halogens is 1. The second-order valence-electron chi connectivity index (χ2n) is 5.80. The minimum atomic E-state index is -3.90. The van der Waals surface area contributed by atoms with Gasteiger partial charge in [0.05, 0.1) is 22.7 Å². The van der Waals surface area contributed by atoms with E-state index in [1.54, 1.807) is 55.6 Å². The van der Waals surface area contributed by atoms with Crippen LogP contribution in [-0.4, -0.2) is 21.4 Å². The first kappa shape index (κ1) is 19.7. The summed E-state index contributed by atoms with van der Waals surface area (Å²) in [4.78, 5) is 12.4. The quantitative estimate of drug-likeness (QED) is 0.623. The molecule has 2 N–H and O–H groups in total. The molecule has 0 fully saturated rings. The fourth-order valence-electron chi connectivity index (χ4n) is 2.43. The zero-order chi connectivity index (χ0) is 20.1. The zero-order valence-electron chi connectivity index (χ0n) is 14.8. The first-order chi connectivity index (χ1) is 13.4. The molecule has 0 bridgehead atoms. The van der Waals surface area contributed by atoms with Crippen molar-refractivity contribution in [2.45, 2.75) is 4.90 Å². The molecular formula is C20H17ClN2O4S. The number of methoxy groups -OCH3 is 1. The van der Waals surface area contributed by atoms with Gasteiger partial charge in [-0.1, -0.05) is 29.8 Å². The summed E-state index contributed by atoms with van der Waals surface area (Å²) in [7, 11) is -2.35. The Morgan fingerprint density at radius 3 is 2.36 bits per heavy atom. The lowest BCUT2D eigenvalue weighted by atomic mass is 10.2. The lowest BCUT2D eigenvalue weighted by Crippen LogP contribution is -2.16. The molecule has 0 spiro atoms. The highest BCUT2D eigenvalue weighted by Gasteiger charge is 2.17. The number of hydrogen-bond donors (Lipinski definition) is 2. The third-order valence-corrected chi connectivity index (χ3v) is 5.57. The lowest BCUT2D eigenvalue weighted by Gasteiger charge is -2.11. The van der Waals surface area contributed by atoms with Crippen LogP contribution in [0, 0.1) is 0 Å². The number of hydrogen-bond acceptors (Lipinski definition) is 4. The Morgan fingerprint density at radius 2 is 1.68 bits per heavy atom. The Bertz CT molecular complexity index is 1100. The summed E-state index contributed by atoms with van der Waals surface area (Å²) >= 11 is 6.01. The van der Waals surface area contributed by atoms with E-state index in [0.29, 0.717) is 11.4 Å². The fourth-order valence-corrected chi connectivity index (χ4v) is 3.79. The van der Waals surface area contributed by atoms with Crippen molar-refractivity contribution in [1.82, 2.24) is 0 Å². The van der Waals surface area contributed by atoms with Crippen LogP contribution in [0.2, 0.25) is 5.02 Å². The fraction of sp³-hybridized carbons (Fsp3) is 0.0500. The molecular weight excluding hydrogens is 400 g/mol. The molecule has 0 atom stereocenters. The molecule has 3 aromatic carbocycles. The van der Waals surface area contributed by atoms with Crippen molar-refractivity contribution in [3.8, 4) is 5.75 Å². The van der Waals surface area contributed by atoms with E-state index in [9.17, 15) is 13.2 Å². The second-order valence-corrected chi connectivity index (χ2v) is 7.89. The van der Waals surface area contributed by atoms with Crippen molar-refractivity contribution < 1.29 is 17.9 Å². The third-order valence-electron chi connectivity index (χ3n) is 3.87. The van der Waals surface area contributed by atoms with Crippen LogP contribution in [-0.2, 0) is 10.0 Å². The van der Waals surface area contributed by atoms with E-state index in [0.717, 1.165) is 0 Å². The molecule has 3 rings (SSSR count). The molecule has 28 heavy (non-hydrogen) atoms. The molecule has 8 heteroatoms. The minimum absolute atomic E-state index is 0.0465. The maximum atomic E-state index is 12.6. The third kappa shape index (κ3) is 4.62. The number of anilines is 2. The van der Waals surface area contributed by atoms with Crippen LogP contribution in [0.1, 0.15) is 10.4 Å². The van der Waals surface area contributed by atoms with Gasteiger partial charge < -0.3 is 10.1 Å². The van der Waals surface area contributed by atoms with E-state index in [2.05, 4.69) is 10.0 Å². The number of para-hydroxylation sites is 1. The van der Waals surface area contributed by atoms with Gasteiger partial charge >= 0.3 is 0 Å². The van der Waals surface area contributed by atoms with Crippen LogP contribution >= 0.6 is 11.6 Å². The van der Waals surface area contributed by atoms with E-state index in [-0.39, 0.29) is 21.2 Å². The van der Waals surface area contributed by atoms with Gasteiger partial charge in [0.25, 0.3) is 15.9 Å². The smallest absolute Gasteiger partial charge is 0.261 e. The SMILES string of the molecule is COc1ccc(NC(=O)c2cccc(S(=O)(=O)Nc3ccccc3Cl)c2)cc1. The maximum Gasteiger partial charge on any atom is 0.261 e. The predicted molar refractivity (Wildman–Crippen MR) is 110 cm³/mol. The molecule has 0 saturated carbocycles. The van der Waals surface area contributed by atoms with Crippen molar-refractivity contribution in [2.24, 2.45) is 0 Å². The summed E-state index contributed by atoms with van der Waals surface area (Å²) in [5.74, 6) is 0.233. The summed E-state index contributed by atoms with van der Waals surface area (Å²) in [6.07, 6.45) is 0. The molecule has 0 heterocycles. The van der Waals surface area contributed by atoms with E-state index in [4.69, 9.17) is 16.3 Å². The van der Waals surface area contributed by atoms with Crippen molar-refractivity contribution in [3.63, 3.8) is 0 Å². The van der Waals surface area contributed by atoms with Crippen molar-refractivity contribution in [1.29, 1.82) is 0 Å². The Labute approximate surface area is 168 Å². The molecule has 144 valence electrons. The highest BCUT2D eigenvalue weighted by atomic mass is 35.5. The van der Waals surface area contributed by atoms with Crippen molar-refractivity contribution in [3.05, 3.63) is 83.4 Å². The first-order valence-corrected chi connectivity index (χ1v) is 10.1. The average Bonchev–Trinajstić information content (AvgIpc) is 2.70. The van der Waals surface area contributed by atoms with Gasteiger partial charge in [-0.15, -0.1) is 0 Å². The van der Waals surface area contributed by atoms with Gasteiger partial charge in [-0.3, -0.25) is 9.52 Å². The maximum absolute atomic E-state index is 12.6. The molecule has 0 aliphatic carbocycles. The molecule has 0 aromatic heterocycles. The number of amides is 1. The van der Waals surface area contributed by atoms with Crippen LogP contribution in [0.4, 0.5) is 11.4 Å². The molecule has 0 aliphatic rings. The van der Waals surface area contributed by atoms with Crippen LogP contribution < -0.4 is 14.8 Å². The van der Waals surface area contributed by atoms with Crippen LogP contribution in [0.25, 0.3) is 0 Å². The normalized spacial score (nSPS) is 10.9. The van der Waals surface area contributed by atoms with Crippen LogP contribution in [0.15, 0.2) is 77.7 Å². The van der Waals surface area contributed by atoms with E-state index < -0.39 is 15.9 Å². The number of nitrogens with one attached hydrogen (secondary N) is 2. The standard InChI is InChI=1S/C20H17ClN2O4S/c1-27-16-11-9-15(10-12-16)22-20(24)14-5-4-6-17(13-14)28(25,26)23-19-8-3-2-7-18(19)21/h2-13,23H,1H3,(H,22,24). The number of ether oxygens (including phenoxy) is 1. The van der Waals surface area contributed by atoms with E-state index in [1.165, 1.54) is 24.3 Å². The summed E-state index contributed by atoms with van der Waals surface area (Å²) in [6, 6.07) is 19.1. The molecule has 0 unspecified atom stereocenters. The van der Waals surface area contributed by atoms with Gasteiger partial charge in [0.2, 0.25) is 0 Å². The Morgan fingerprint density at radius 1 is 0.964 bits per heavy atom. The second kappa shape index (κ2) is 8.33. The molecule has 0 radical (unpaired) electrons. The van der Waals surface area contributed by atoms with E-state index >= 15 is 0 Å². The number of benzene rings is 3. The van der Waals surface area contributed by atoms with E-state index in [1.807, 2.05) is 0 Å². The molecule has 1 amide bonds. The highest BCUT2D eigenvalue weighted by molar-refractivity contribution is 7.92. The Hall–Kier alpha value is -3.03. The first-order valence-electron chi connectivity index (χ1n) is 8.22. The largest absolute Gasteiger partial charge is 0.497 e. The lowest BCUT2D eigenvalue weighted by molar-refractivity contribution is 0.102. The Kier molecular flexibility index (Phi) is 5.87. The molecule has 0 aliphatic heterocycles. The molecule has 0 saturated heterocycles. The van der Waals surface area contributed by atoms with Gasteiger partial charge in [-0.05, 0) is 54.6 Å². The van der Waals surface area contributed by atoms with Gasteiger partial charge in [0.1, 0.15) is 5.75 Å². The monoisotopic (exact) mass is 416 g/mol. The predicted octanol–water partition coefficient (Wildman–Crippen LogP) is 4.40. The van der Waals surface area contributed by atoms with Crippen molar-refractivity contribution >= 4 is 38.9 Å². The minimum Gasteiger partial charge on any atom is -0.497 e. The van der Waals surface area contributed by atoms with Crippen LogP contribution in [0.5, 0.6) is 5.75 Å². The number of sulfonamides is 1. The number of carbonyl (C=O) groups excluding carboxylic acids is 1. The number of carbonyl (C=O) groups is 1. The topological polar surface area (TPSA) is 84.5 Å². The van der Waals surface area contributed by atoms with Gasteiger partial charge in [0, 0.05) is 11.3 Å². The molecule has 6 nitrogen and oxygen atoms in total. The van der Waals surface area contributed by atoms with Gasteiger partial charge in [-0.2, -0.15) is 0 Å². The summed E-state index contributed by atoms with van der Waals surface area (Å²) in [5, 5.41) is 2.99. The number of rotatable bonds is 6. The van der Waals surface area contributed by atoms with Gasteiger partial charge in [0.15, 0.2) is 0 Å². The highest BCUT2D eigenvalue weighted by Crippen LogP contribution is 2.24. The summed E-state index contributed by atoms with van der Waals surface area (Å²) < 4.78 is 32.8. The zero-order valence-corrected chi connectivity index (χ0v) is 16.4. The average molecular weight is 417 g/mol. The molecule has 3 aromatic rings.